The van der Waals surface area contributed by atoms with E-state index in [4.69, 9.17) is 4.74 Å². The number of imide groups is 1. The van der Waals surface area contributed by atoms with Gasteiger partial charge in [-0.05, 0) is 32.4 Å². The van der Waals surface area contributed by atoms with Gasteiger partial charge in [-0.25, -0.2) is 0 Å². The van der Waals surface area contributed by atoms with E-state index in [-0.39, 0.29) is 43.7 Å². The summed E-state index contributed by atoms with van der Waals surface area (Å²) in [4.78, 5) is 51.1. The molecule has 150 valence electrons. The van der Waals surface area contributed by atoms with Crippen LogP contribution in [0, 0.1) is 5.41 Å². The molecule has 1 aromatic carbocycles. The lowest BCUT2D eigenvalue weighted by molar-refractivity contribution is -0.141. The Bertz CT molecular complexity index is 817. The van der Waals surface area contributed by atoms with Gasteiger partial charge in [0.15, 0.2) is 0 Å². The largest absolute Gasteiger partial charge is 0.490 e. The van der Waals surface area contributed by atoms with Crippen molar-refractivity contribution in [2.45, 2.75) is 40.0 Å². The quantitative estimate of drug-likeness (QED) is 0.779. The van der Waals surface area contributed by atoms with E-state index in [1.807, 2.05) is 20.8 Å². The van der Waals surface area contributed by atoms with Crippen molar-refractivity contribution in [1.82, 2.24) is 4.90 Å². The fourth-order valence-electron chi connectivity index (χ4n) is 3.31. The molecule has 4 amide bonds. The Morgan fingerprint density at radius 1 is 1.14 bits per heavy atom. The van der Waals surface area contributed by atoms with Crippen molar-refractivity contribution in [3.63, 3.8) is 0 Å². The summed E-state index contributed by atoms with van der Waals surface area (Å²) < 4.78 is 5.87. The lowest BCUT2D eigenvalue weighted by Crippen LogP contribution is -2.42. The summed E-state index contributed by atoms with van der Waals surface area (Å²) in [6.07, 6.45) is 1.10. The second-order valence-corrected chi connectivity index (χ2v) is 7.73. The molecule has 0 atom stereocenters. The van der Waals surface area contributed by atoms with E-state index in [2.05, 4.69) is 5.32 Å². The van der Waals surface area contributed by atoms with E-state index in [9.17, 15) is 19.2 Å². The number of nitrogens with one attached hydrogen (secondary N) is 1. The fourth-order valence-corrected chi connectivity index (χ4v) is 3.31. The zero-order valence-electron chi connectivity index (χ0n) is 16.4. The van der Waals surface area contributed by atoms with Crippen molar-refractivity contribution in [2.75, 3.05) is 29.9 Å². The van der Waals surface area contributed by atoms with Crippen LogP contribution in [0.4, 0.5) is 11.4 Å². The number of fused-ring (bicyclic) bond motifs is 1. The van der Waals surface area contributed by atoms with Crippen LogP contribution >= 0.6 is 0 Å². The molecule has 0 aliphatic carbocycles. The van der Waals surface area contributed by atoms with Crippen molar-refractivity contribution in [3.8, 4) is 5.75 Å². The van der Waals surface area contributed by atoms with Gasteiger partial charge in [0.25, 0.3) is 0 Å². The molecule has 3 rings (SSSR count). The number of hydrogen-bond donors (Lipinski definition) is 1. The number of carbonyl (C=O) groups is 4. The number of anilines is 2. The number of hydrogen-bond acceptors (Lipinski definition) is 5. The van der Waals surface area contributed by atoms with Crippen LogP contribution in [0.5, 0.6) is 5.75 Å². The monoisotopic (exact) mass is 387 g/mol. The Balaban J connectivity index is 1.78. The number of ether oxygens (including phenoxy) is 1. The van der Waals surface area contributed by atoms with Gasteiger partial charge in [-0.15, -0.1) is 0 Å². The zero-order chi connectivity index (χ0) is 20.5. The molecule has 2 heterocycles. The van der Waals surface area contributed by atoms with E-state index in [1.165, 1.54) is 0 Å². The third-order valence-electron chi connectivity index (χ3n) is 4.85. The topological polar surface area (TPSA) is 96.0 Å². The Labute approximate surface area is 163 Å². The third-order valence-corrected chi connectivity index (χ3v) is 4.85. The zero-order valence-corrected chi connectivity index (χ0v) is 16.4. The molecule has 0 radical (unpaired) electrons. The van der Waals surface area contributed by atoms with Crippen LogP contribution in [-0.2, 0) is 19.2 Å². The van der Waals surface area contributed by atoms with Crippen LogP contribution in [0.15, 0.2) is 18.2 Å². The first-order chi connectivity index (χ1) is 13.2. The Hall–Kier alpha value is -2.90. The SMILES string of the molecule is CCCN1C(=O)C(C)(C)COc2cc(NC(=O)CN3C(=O)CCC3=O)ccc21. The summed E-state index contributed by atoms with van der Waals surface area (Å²) in [5, 5.41) is 2.69. The Morgan fingerprint density at radius 3 is 2.46 bits per heavy atom. The van der Waals surface area contributed by atoms with Gasteiger partial charge in [0, 0.05) is 31.1 Å². The van der Waals surface area contributed by atoms with Crippen LogP contribution < -0.4 is 15.0 Å². The van der Waals surface area contributed by atoms with Gasteiger partial charge in [-0.2, -0.15) is 0 Å². The molecule has 1 fully saturated rings. The van der Waals surface area contributed by atoms with Crippen LogP contribution in [0.3, 0.4) is 0 Å². The first kappa shape index (κ1) is 19.9. The third kappa shape index (κ3) is 3.85. The predicted molar refractivity (Wildman–Crippen MR) is 103 cm³/mol. The minimum absolute atomic E-state index is 0.00376. The normalized spacial score (nSPS) is 18.6. The maximum Gasteiger partial charge on any atom is 0.244 e. The molecular formula is C20H25N3O5. The molecule has 1 saturated heterocycles. The minimum atomic E-state index is -0.659. The molecule has 0 unspecified atom stereocenters. The summed E-state index contributed by atoms with van der Waals surface area (Å²) >= 11 is 0. The van der Waals surface area contributed by atoms with Crippen molar-refractivity contribution in [2.24, 2.45) is 5.41 Å². The summed E-state index contributed by atoms with van der Waals surface area (Å²) in [6, 6.07) is 5.09. The molecule has 8 heteroatoms. The highest BCUT2D eigenvalue weighted by Crippen LogP contribution is 2.38. The Morgan fingerprint density at radius 2 is 1.82 bits per heavy atom. The van der Waals surface area contributed by atoms with E-state index in [0.717, 1.165) is 11.3 Å². The number of rotatable bonds is 5. The summed E-state index contributed by atoms with van der Waals surface area (Å²) in [6.45, 7) is 6.19. The molecule has 28 heavy (non-hydrogen) atoms. The van der Waals surface area contributed by atoms with Crippen molar-refractivity contribution < 1.29 is 23.9 Å². The van der Waals surface area contributed by atoms with Gasteiger partial charge in [0.05, 0.1) is 11.1 Å². The smallest absolute Gasteiger partial charge is 0.244 e. The highest BCUT2D eigenvalue weighted by atomic mass is 16.5. The number of likely N-dealkylation sites (tertiary alicyclic amines) is 1. The number of nitrogens with zero attached hydrogens (tertiary/aromatic N) is 2. The summed E-state index contributed by atoms with van der Waals surface area (Å²) in [5.41, 5.74) is 0.487. The van der Waals surface area contributed by atoms with Gasteiger partial charge in [0.2, 0.25) is 23.6 Å². The molecule has 8 nitrogen and oxygen atoms in total. The molecular weight excluding hydrogens is 362 g/mol. The lowest BCUT2D eigenvalue weighted by Gasteiger charge is -2.27. The number of carbonyl (C=O) groups excluding carboxylic acids is 4. The maximum atomic E-state index is 12.8. The summed E-state index contributed by atoms with van der Waals surface area (Å²) in [7, 11) is 0. The van der Waals surface area contributed by atoms with Gasteiger partial charge >= 0.3 is 0 Å². The highest BCUT2D eigenvalue weighted by Gasteiger charge is 2.37. The molecule has 0 aromatic heterocycles. The fraction of sp³-hybridized carbons (Fsp3) is 0.500. The molecule has 0 bridgehead atoms. The van der Waals surface area contributed by atoms with E-state index < -0.39 is 11.3 Å². The van der Waals surface area contributed by atoms with Gasteiger partial charge in [-0.3, -0.25) is 24.1 Å². The molecule has 2 aliphatic heterocycles. The van der Waals surface area contributed by atoms with Gasteiger partial charge in [0.1, 0.15) is 18.9 Å². The predicted octanol–water partition coefficient (Wildman–Crippen LogP) is 1.94. The number of benzene rings is 1. The lowest BCUT2D eigenvalue weighted by atomic mass is 9.93. The Kier molecular flexibility index (Phi) is 5.40. The van der Waals surface area contributed by atoms with Crippen LogP contribution in [0.25, 0.3) is 0 Å². The van der Waals surface area contributed by atoms with Crippen LogP contribution in [0.1, 0.15) is 40.0 Å². The minimum Gasteiger partial charge on any atom is -0.490 e. The number of amides is 4. The van der Waals surface area contributed by atoms with E-state index >= 15 is 0 Å². The molecule has 1 aromatic rings. The first-order valence-corrected chi connectivity index (χ1v) is 9.45. The van der Waals surface area contributed by atoms with E-state index in [1.54, 1.807) is 23.1 Å². The standard InChI is InChI=1S/C20H25N3O5/c1-4-9-22-14-6-5-13(10-15(14)28-12-20(2,3)19(22)27)21-16(24)11-23-17(25)7-8-18(23)26/h5-6,10H,4,7-9,11-12H2,1-3H3,(H,21,24). The average molecular weight is 387 g/mol. The van der Waals surface area contributed by atoms with Crippen molar-refractivity contribution >= 4 is 35.0 Å². The highest BCUT2D eigenvalue weighted by molar-refractivity contribution is 6.06. The van der Waals surface area contributed by atoms with Crippen molar-refractivity contribution in [3.05, 3.63) is 18.2 Å². The second kappa shape index (κ2) is 7.61. The average Bonchev–Trinajstić information content (AvgIpc) is 2.91. The van der Waals surface area contributed by atoms with Gasteiger partial charge < -0.3 is 15.0 Å². The molecule has 0 saturated carbocycles. The maximum absolute atomic E-state index is 12.8. The second-order valence-electron chi connectivity index (χ2n) is 7.73. The first-order valence-electron chi connectivity index (χ1n) is 9.45. The summed E-state index contributed by atoms with van der Waals surface area (Å²) in [5.74, 6) is -0.615. The molecule has 1 N–H and O–H groups in total. The van der Waals surface area contributed by atoms with Crippen LogP contribution in [0.2, 0.25) is 0 Å². The van der Waals surface area contributed by atoms with Crippen molar-refractivity contribution in [1.29, 1.82) is 0 Å². The van der Waals surface area contributed by atoms with Crippen LogP contribution in [-0.4, -0.2) is 48.2 Å². The van der Waals surface area contributed by atoms with E-state index in [0.29, 0.717) is 23.7 Å². The molecule has 0 spiro atoms. The van der Waals surface area contributed by atoms with Gasteiger partial charge in [-0.1, -0.05) is 6.92 Å². The molecule has 2 aliphatic rings.